The molecule has 8 heteroatoms. The molecule has 1 N–H and O–H groups in total. The lowest BCUT2D eigenvalue weighted by atomic mass is 9.94. The van der Waals surface area contributed by atoms with Crippen LogP contribution in [-0.4, -0.2) is 27.6 Å². The first-order chi connectivity index (χ1) is 14.6. The smallest absolute Gasteiger partial charge is 0.229 e. The highest BCUT2D eigenvalue weighted by atomic mass is 32.1. The van der Waals surface area contributed by atoms with Crippen molar-refractivity contribution in [1.29, 1.82) is 5.26 Å². The van der Waals surface area contributed by atoms with Crippen molar-refractivity contribution in [2.45, 2.75) is 32.6 Å². The largest absolute Gasteiger partial charge is 0.424 e. The van der Waals surface area contributed by atoms with Gasteiger partial charge in [-0.25, -0.2) is 4.98 Å². The van der Waals surface area contributed by atoms with Crippen LogP contribution in [-0.2, 0) is 17.6 Å². The number of hydrogen-bond donors (Lipinski definition) is 1. The molecule has 1 amide bonds. The van der Waals surface area contributed by atoms with Gasteiger partial charge in [-0.05, 0) is 35.6 Å². The summed E-state index contributed by atoms with van der Waals surface area (Å²) in [6.07, 6.45) is 8.48. The highest BCUT2D eigenvalue weighted by Crippen LogP contribution is 2.30. The minimum absolute atomic E-state index is 0.00286. The van der Waals surface area contributed by atoms with Gasteiger partial charge in [0.05, 0.1) is 29.1 Å². The molecular formula is C22H21N5O2S. The van der Waals surface area contributed by atoms with Crippen molar-refractivity contribution in [2.24, 2.45) is 5.92 Å². The second kappa shape index (κ2) is 9.01. The second-order valence-corrected chi connectivity index (χ2v) is 8.34. The Balaban J connectivity index is 1.42. The van der Waals surface area contributed by atoms with E-state index in [0.29, 0.717) is 24.8 Å². The summed E-state index contributed by atoms with van der Waals surface area (Å²) in [5.74, 6) is 1.04. The van der Waals surface area contributed by atoms with Gasteiger partial charge >= 0.3 is 0 Å². The Bertz CT molecular complexity index is 1170. The zero-order valence-electron chi connectivity index (χ0n) is 16.6. The highest BCUT2D eigenvalue weighted by molar-refractivity contribution is 7.18. The van der Waals surface area contributed by atoms with E-state index in [1.807, 2.05) is 12.1 Å². The fourth-order valence-electron chi connectivity index (χ4n) is 3.19. The highest BCUT2D eigenvalue weighted by Gasteiger charge is 2.14. The van der Waals surface area contributed by atoms with Gasteiger partial charge in [0.15, 0.2) is 0 Å². The van der Waals surface area contributed by atoms with Crippen molar-refractivity contribution in [3.63, 3.8) is 0 Å². The molecule has 0 fully saturated rings. The molecule has 1 aliphatic carbocycles. The Morgan fingerprint density at radius 1 is 1.37 bits per heavy atom. The number of nitrogens with one attached hydrogen (secondary N) is 1. The summed E-state index contributed by atoms with van der Waals surface area (Å²) in [5.41, 5.74) is 3.40. The van der Waals surface area contributed by atoms with Gasteiger partial charge in [0.1, 0.15) is 11.4 Å². The zero-order chi connectivity index (χ0) is 20.9. The van der Waals surface area contributed by atoms with Crippen LogP contribution in [0.4, 0.5) is 0 Å². The number of hydrogen-bond acceptors (Lipinski definition) is 7. The first-order valence-corrected chi connectivity index (χ1v) is 10.7. The number of allylic oxidation sites excluding steroid dienone is 4. The standard InChI is InChI=1S/C22H21N5O2S/c1-14-3-5-15(6-4-14)16-7-8-17-18(11-16)30-22(25-17)13-21-27-26-20(29-21)12-19(28)24-10-2-9-23/h3,5-8,11,14H,2,4,10,12-13H2,1H3,(H,24,28). The average molecular weight is 420 g/mol. The van der Waals surface area contributed by atoms with Crippen LogP contribution in [0.15, 0.2) is 40.8 Å². The molecule has 2 aromatic heterocycles. The lowest BCUT2D eigenvalue weighted by molar-refractivity contribution is -0.120. The number of nitriles is 1. The van der Waals surface area contributed by atoms with Crippen molar-refractivity contribution in [1.82, 2.24) is 20.5 Å². The number of fused-ring (bicyclic) bond motifs is 1. The van der Waals surface area contributed by atoms with Crippen LogP contribution in [0, 0.1) is 17.2 Å². The van der Waals surface area contributed by atoms with Crippen LogP contribution in [0.1, 0.15) is 42.1 Å². The average Bonchev–Trinajstić information content (AvgIpc) is 3.34. The molecule has 152 valence electrons. The summed E-state index contributed by atoms with van der Waals surface area (Å²) >= 11 is 1.61. The Kier molecular flexibility index (Phi) is 6.00. The first-order valence-electron chi connectivity index (χ1n) is 9.84. The SMILES string of the molecule is CC1C=CC(c2ccc3nc(Cc4nnc(CC(=O)NCCC#N)o4)sc3c2)=CC1. The monoisotopic (exact) mass is 419 g/mol. The van der Waals surface area contributed by atoms with E-state index in [-0.39, 0.29) is 24.6 Å². The summed E-state index contributed by atoms with van der Waals surface area (Å²) in [4.78, 5) is 16.5. The maximum atomic E-state index is 11.8. The number of carbonyl (C=O) groups excluding carboxylic acids is 1. The summed E-state index contributed by atoms with van der Waals surface area (Å²) in [6.45, 7) is 2.53. The lowest BCUT2D eigenvalue weighted by Gasteiger charge is -2.11. The molecule has 0 spiro atoms. The first kappa shape index (κ1) is 20.0. The van der Waals surface area contributed by atoms with Gasteiger partial charge in [-0.15, -0.1) is 21.5 Å². The fraction of sp³-hybridized carbons (Fsp3) is 0.318. The molecule has 2 heterocycles. The van der Waals surface area contributed by atoms with Crippen molar-refractivity contribution in [3.05, 3.63) is 58.8 Å². The molecule has 7 nitrogen and oxygen atoms in total. The van der Waals surface area contributed by atoms with Gasteiger partial charge in [0.2, 0.25) is 17.7 Å². The summed E-state index contributed by atoms with van der Waals surface area (Å²) in [6, 6.07) is 8.30. The third-order valence-electron chi connectivity index (χ3n) is 4.76. The van der Waals surface area contributed by atoms with Crippen LogP contribution in [0.2, 0.25) is 0 Å². The predicted molar refractivity (Wildman–Crippen MR) is 115 cm³/mol. The number of aromatic nitrogens is 3. The Morgan fingerprint density at radius 2 is 2.23 bits per heavy atom. The van der Waals surface area contributed by atoms with E-state index < -0.39 is 0 Å². The topological polar surface area (TPSA) is 105 Å². The summed E-state index contributed by atoms with van der Waals surface area (Å²) in [7, 11) is 0. The zero-order valence-corrected chi connectivity index (χ0v) is 17.4. The third kappa shape index (κ3) is 4.81. The van der Waals surface area contributed by atoms with Gasteiger partial charge in [-0.2, -0.15) is 5.26 Å². The van der Waals surface area contributed by atoms with Crippen molar-refractivity contribution in [2.75, 3.05) is 6.54 Å². The molecule has 1 unspecified atom stereocenters. The molecule has 4 rings (SSSR count). The molecule has 1 aliphatic rings. The van der Waals surface area contributed by atoms with Crippen LogP contribution < -0.4 is 5.32 Å². The van der Waals surface area contributed by atoms with Crippen LogP contribution in [0.3, 0.4) is 0 Å². The minimum Gasteiger partial charge on any atom is -0.424 e. The molecule has 1 atom stereocenters. The molecular weight excluding hydrogens is 398 g/mol. The molecule has 0 bridgehead atoms. The maximum absolute atomic E-state index is 11.8. The van der Waals surface area contributed by atoms with Gasteiger partial charge in [0.25, 0.3) is 0 Å². The molecule has 1 aromatic carbocycles. The van der Waals surface area contributed by atoms with E-state index in [2.05, 4.69) is 57.8 Å². The lowest BCUT2D eigenvalue weighted by Crippen LogP contribution is -2.25. The second-order valence-electron chi connectivity index (χ2n) is 7.22. The molecule has 0 radical (unpaired) electrons. The number of benzene rings is 1. The van der Waals surface area contributed by atoms with Gasteiger partial charge in [-0.1, -0.05) is 31.2 Å². The third-order valence-corrected chi connectivity index (χ3v) is 5.78. The molecule has 0 saturated heterocycles. The van der Waals surface area contributed by atoms with E-state index in [0.717, 1.165) is 21.6 Å². The summed E-state index contributed by atoms with van der Waals surface area (Å²) < 4.78 is 6.71. The molecule has 0 saturated carbocycles. The molecule has 3 aromatic rings. The number of carbonyl (C=O) groups is 1. The maximum Gasteiger partial charge on any atom is 0.229 e. The normalized spacial score (nSPS) is 15.7. The van der Waals surface area contributed by atoms with Crippen LogP contribution in [0.5, 0.6) is 0 Å². The molecule has 30 heavy (non-hydrogen) atoms. The number of rotatable bonds is 7. The number of nitrogens with zero attached hydrogens (tertiary/aromatic N) is 4. The minimum atomic E-state index is -0.242. The van der Waals surface area contributed by atoms with Crippen LogP contribution in [0.25, 0.3) is 15.8 Å². The quantitative estimate of drug-likeness (QED) is 0.584. The van der Waals surface area contributed by atoms with E-state index in [4.69, 9.17) is 9.68 Å². The Labute approximate surface area is 178 Å². The van der Waals surface area contributed by atoms with E-state index in [1.54, 1.807) is 11.3 Å². The van der Waals surface area contributed by atoms with Gasteiger partial charge < -0.3 is 9.73 Å². The van der Waals surface area contributed by atoms with Crippen molar-refractivity contribution < 1.29 is 9.21 Å². The van der Waals surface area contributed by atoms with Gasteiger partial charge in [0, 0.05) is 6.54 Å². The van der Waals surface area contributed by atoms with Gasteiger partial charge in [-0.3, -0.25) is 4.79 Å². The Hall–Kier alpha value is -3.31. The molecule has 0 aliphatic heterocycles. The fourth-order valence-corrected chi connectivity index (χ4v) is 4.18. The summed E-state index contributed by atoms with van der Waals surface area (Å²) in [5, 5.41) is 20.0. The number of thiazole rings is 1. The van der Waals surface area contributed by atoms with Crippen molar-refractivity contribution >= 4 is 33.0 Å². The van der Waals surface area contributed by atoms with E-state index >= 15 is 0 Å². The van der Waals surface area contributed by atoms with E-state index in [1.165, 1.54) is 11.1 Å². The van der Waals surface area contributed by atoms with E-state index in [9.17, 15) is 4.79 Å². The Morgan fingerprint density at radius 3 is 3.03 bits per heavy atom. The van der Waals surface area contributed by atoms with Crippen molar-refractivity contribution in [3.8, 4) is 6.07 Å². The predicted octanol–water partition coefficient (Wildman–Crippen LogP) is 3.82. The van der Waals surface area contributed by atoms with Crippen LogP contribution >= 0.6 is 11.3 Å². The number of amides is 1.